The van der Waals surface area contributed by atoms with Gasteiger partial charge in [0.2, 0.25) is 0 Å². The second-order valence-corrected chi connectivity index (χ2v) is 15.7. The number of hydrogen-bond acceptors (Lipinski definition) is 3. The summed E-state index contributed by atoms with van der Waals surface area (Å²) in [7, 11) is 0. The summed E-state index contributed by atoms with van der Waals surface area (Å²) < 4.78 is 47.1. The van der Waals surface area contributed by atoms with E-state index in [4.69, 9.17) is 16.9 Å². The van der Waals surface area contributed by atoms with Crippen molar-refractivity contribution in [3.63, 3.8) is 0 Å². The largest absolute Gasteiger partial charge is 0.769 e. The van der Waals surface area contributed by atoms with E-state index < -0.39 is 18.6 Å². The topological polar surface area (TPSA) is 49.8 Å². The molecular formula is C38H53IrN3OS-4. The van der Waals surface area contributed by atoms with Gasteiger partial charge in [-0.25, -0.2) is 17.0 Å². The zero-order valence-electron chi connectivity index (χ0n) is 32.3. The fourth-order valence-electron chi connectivity index (χ4n) is 7.18. The van der Waals surface area contributed by atoms with Gasteiger partial charge in [-0.1, -0.05) is 78.7 Å². The summed E-state index contributed by atoms with van der Waals surface area (Å²) in [6.07, 6.45) is 16.5. The number of rotatable bonds is 3. The Hall–Kier alpha value is -1.20. The molecule has 4 nitrogen and oxygen atoms in total. The summed E-state index contributed by atoms with van der Waals surface area (Å²) in [5, 5.41) is 9.89. The van der Waals surface area contributed by atoms with Crippen LogP contribution in [0.2, 0.25) is 0 Å². The third-order valence-electron chi connectivity index (χ3n) is 9.88. The third kappa shape index (κ3) is 7.67. The maximum absolute atomic E-state index is 8.86. The fraction of sp³-hybridized carbons (Fsp3) is 0.684. The van der Waals surface area contributed by atoms with Crippen LogP contribution in [0, 0.1) is 47.5 Å². The number of thioether (sulfide) groups is 1. The van der Waals surface area contributed by atoms with Crippen LogP contribution >= 0.6 is 11.8 Å². The minimum atomic E-state index is -2.18. The van der Waals surface area contributed by atoms with Crippen LogP contribution in [0.5, 0.6) is 0 Å². The Morgan fingerprint density at radius 2 is 2.05 bits per heavy atom. The van der Waals surface area contributed by atoms with Crippen molar-refractivity contribution in [2.45, 2.75) is 118 Å². The van der Waals surface area contributed by atoms with Gasteiger partial charge >= 0.3 is 0 Å². The monoisotopic (exact) mass is 797 g/mol. The maximum atomic E-state index is 8.86. The summed E-state index contributed by atoms with van der Waals surface area (Å²) in [4.78, 5) is 5.62. The van der Waals surface area contributed by atoms with Crippen LogP contribution in [-0.2, 0) is 24.8 Å². The Labute approximate surface area is 292 Å². The smallest absolute Gasteiger partial charge is 0.198 e. The summed E-state index contributed by atoms with van der Waals surface area (Å²) in [6, 6.07) is -0.171. The average molecular weight is 797 g/mol. The van der Waals surface area contributed by atoms with Crippen LogP contribution in [0.3, 0.4) is 0 Å². The molecule has 5 heterocycles. The second-order valence-electron chi connectivity index (χ2n) is 14.6. The minimum Gasteiger partial charge on any atom is -0.769 e. The van der Waals surface area contributed by atoms with Gasteiger partial charge in [-0.3, -0.25) is 6.08 Å². The Morgan fingerprint density at radius 3 is 2.77 bits per heavy atom. The summed E-state index contributed by atoms with van der Waals surface area (Å²) in [5.41, 5.74) is 4.62. The van der Waals surface area contributed by atoms with Gasteiger partial charge in [-0.05, 0) is 77.6 Å². The van der Waals surface area contributed by atoms with Crippen LogP contribution in [0.1, 0.15) is 113 Å². The molecule has 2 aliphatic carbocycles. The normalized spacial score (nSPS) is 37.0. The predicted molar refractivity (Wildman–Crippen MR) is 183 cm³/mol. The number of allylic oxidation sites excluding steroid dienone is 4. The van der Waals surface area contributed by atoms with E-state index in [1.54, 1.807) is 11.8 Å². The van der Waals surface area contributed by atoms with Gasteiger partial charge in [0.25, 0.3) is 0 Å². The summed E-state index contributed by atoms with van der Waals surface area (Å²) in [5.74, 6) is 4.35. The van der Waals surface area contributed by atoms with E-state index in [0.717, 1.165) is 60.8 Å². The van der Waals surface area contributed by atoms with E-state index in [1.807, 2.05) is 20.8 Å². The van der Waals surface area contributed by atoms with Crippen LogP contribution in [0.25, 0.3) is 10.6 Å². The fourth-order valence-corrected chi connectivity index (χ4v) is 8.43. The number of hydrogen-bond donors (Lipinski definition) is 0. The first-order valence-corrected chi connectivity index (χ1v) is 17.6. The molecule has 1 saturated heterocycles. The molecule has 0 bridgehead atoms. The Kier molecular flexibility index (Phi) is 9.05. The molecule has 0 amide bonds. The molecule has 7 atom stereocenters. The van der Waals surface area contributed by atoms with E-state index in [0.29, 0.717) is 30.6 Å². The van der Waals surface area contributed by atoms with Gasteiger partial charge in [-0.2, -0.15) is 11.6 Å². The minimum absolute atomic E-state index is 0. The van der Waals surface area contributed by atoms with E-state index in [9.17, 15) is 0 Å². The quantitative estimate of drug-likeness (QED) is 0.267. The predicted octanol–water partition coefficient (Wildman–Crippen LogP) is 10.6. The van der Waals surface area contributed by atoms with Gasteiger partial charge < -0.3 is 21.1 Å². The molecule has 0 aromatic heterocycles. The second kappa shape index (κ2) is 14.3. The molecule has 5 aliphatic heterocycles. The molecule has 0 N–H and O–H groups in total. The van der Waals surface area contributed by atoms with Crippen molar-refractivity contribution in [1.82, 2.24) is 0 Å². The van der Waals surface area contributed by atoms with Crippen LogP contribution in [0.4, 0.5) is 0 Å². The first kappa shape index (κ1) is 27.9. The number of nitrogens with zero attached hydrogens (tertiary/aromatic N) is 3. The van der Waals surface area contributed by atoms with Gasteiger partial charge in [-0.15, -0.1) is 43.2 Å². The average Bonchev–Trinajstić information content (AvgIpc) is 3.63. The van der Waals surface area contributed by atoms with E-state index in [-0.39, 0.29) is 49.7 Å². The Morgan fingerprint density at radius 1 is 1.20 bits per heavy atom. The molecule has 6 heteroatoms. The molecule has 44 heavy (non-hydrogen) atoms. The molecule has 0 aromatic carbocycles. The third-order valence-corrected chi connectivity index (χ3v) is 11.1. The van der Waals surface area contributed by atoms with Gasteiger partial charge in [0.15, 0.2) is 5.88 Å². The van der Waals surface area contributed by atoms with Crippen LogP contribution < -0.4 is 0 Å². The molecule has 245 valence electrons. The molecule has 1 unspecified atom stereocenters. The van der Waals surface area contributed by atoms with E-state index in [1.165, 1.54) is 29.0 Å². The zero-order chi connectivity index (χ0) is 34.6. The zero-order valence-corrected chi connectivity index (χ0v) is 30.5. The molecule has 0 saturated carbocycles. The number of aliphatic imine (C=N–C) groups is 1. The van der Waals surface area contributed by atoms with E-state index in [2.05, 4.69) is 55.7 Å². The van der Waals surface area contributed by atoms with Gasteiger partial charge in [0.05, 0.1) is 0 Å². The summed E-state index contributed by atoms with van der Waals surface area (Å²) >= 11 is 1.75. The van der Waals surface area contributed by atoms with Crippen molar-refractivity contribution in [1.29, 1.82) is 0 Å². The van der Waals surface area contributed by atoms with E-state index >= 15 is 0 Å². The molecule has 0 aromatic rings. The molecule has 1 radical (unpaired) electrons. The van der Waals surface area contributed by atoms with Crippen molar-refractivity contribution >= 4 is 17.5 Å². The van der Waals surface area contributed by atoms with Crippen LogP contribution in [0.15, 0.2) is 56.1 Å². The van der Waals surface area contributed by atoms with Crippen LogP contribution in [-0.4, -0.2) is 30.1 Å². The molecule has 7 aliphatic rings. The first-order chi connectivity index (χ1) is 22.5. The SMILES string of the molecule is C[C@H]1C[C-]=C(C2=C[C@H](C)[C@H](C)C[N-]2)CC1.[2H]C([2H])([2H])C1=NC2=C(CC1)C1CC[CH-]C([C@H]3CC=C4SC[C@@H](C([2H])([2H])C(C)(C)C)[C@H]4[N-]3)=C1O2.[Ir]. The van der Waals surface area contributed by atoms with Gasteiger partial charge in [0.1, 0.15) is 0 Å². The number of ether oxygens (including phenoxy) is 1. The molecule has 7 rings (SSSR count). The van der Waals surface area contributed by atoms with Crippen molar-refractivity contribution < 1.29 is 31.7 Å². The molecule has 1 fully saturated rings. The molecule has 0 spiro atoms. The Balaban J connectivity index is 0.000000246. The summed E-state index contributed by atoms with van der Waals surface area (Å²) in [6.45, 7) is 11.6. The number of fused-ring (bicyclic) bond motifs is 3. The van der Waals surface area contributed by atoms with Crippen molar-refractivity contribution in [2.24, 2.45) is 40.0 Å². The van der Waals surface area contributed by atoms with Crippen molar-refractivity contribution in [3.05, 3.63) is 74.2 Å². The first-order valence-electron chi connectivity index (χ1n) is 19.1. The van der Waals surface area contributed by atoms with Gasteiger partial charge in [0, 0.05) is 32.7 Å². The van der Waals surface area contributed by atoms with Crippen molar-refractivity contribution in [2.75, 3.05) is 12.3 Å². The van der Waals surface area contributed by atoms with Crippen molar-refractivity contribution in [3.8, 4) is 0 Å². The maximum Gasteiger partial charge on any atom is 0.198 e. The standard InChI is InChI=1S/C24H32N2OS.C14H21N.Ir/c1-14-8-9-17-16-6-5-7-18(22(16)27-23(17)25-14)19-10-11-20-21(26-19)15(13-28-20)12-24(2,3)4;1-10-4-6-13(7-5-10)14-8-11(2)12(3)9-15-14;/h7,11,15-16,19,21H,5-6,8-10,12-13H2,1-4H3;8,10-12H,4-6,9H2,1-3H3;/q2*-2;/t15-,16?,19-,21-;10-,11+,12-;/m11./s1/i1D3,12D2;;. The Bertz CT molecular complexity index is 1460. The molecular weight excluding hydrogens is 739 g/mol.